The van der Waals surface area contributed by atoms with Crippen molar-refractivity contribution in [1.29, 1.82) is 0 Å². The lowest BCUT2D eigenvalue weighted by Gasteiger charge is -2.09. The predicted molar refractivity (Wildman–Crippen MR) is 78.2 cm³/mol. The molecular formula is C19H13. The third kappa shape index (κ3) is 3.65. The van der Waals surface area contributed by atoms with Crippen LogP contribution in [0.5, 0.6) is 0 Å². The molecule has 0 saturated heterocycles. The van der Waals surface area contributed by atoms with Crippen molar-refractivity contribution < 1.29 is 0 Å². The molecule has 1 aliphatic carbocycles. The highest BCUT2D eigenvalue weighted by molar-refractivity contribution is 5.81. The Hall–Kier alpha value is -2.66. The highest BCUT2D eigenvalue weighted by Gasteiger charge is 2.06. The minimum absolute atomic E-state index is 1.00. The first-order valence-corrected chi connectivity index (χ1v) is 6.18. The molecule has 0 atom stereocenters. The van der Waals surface area contributed by atoms with Crippen molar-refractivity contribution in [3.05, 3.63) is 94.9 Å². The first-order valence-electron chi connectivity index (χ1n) is 6.18. The van der Waals surface area contributed by atoms with Crippen LogP contribution in [0.15, 0.2) is 82.8 Å². The number of hydrogen-bond donors (Lipinski definition) is 0. The number of benzene rings is 1. The van der Waals surface area contributed by atoms with Crippen LogP contribution in [-0.2, 0) is 0 Å². The van der Waals surface area contributed by atoms with Crippen LogP contribution in [0.1, 0.15) is 18.4 Å². The lowest BCUT2D eigenvalue weighted by molar-refractivity contribution is 1.03. The second kappa shape index (κ2) is 6.93. The zero-order chi connectivity index (χ0) is 13.3. The fourth-order valence-electron chi connectivity index (χ4n) is 1.88. The van der Waals surface area contributed by atoms with Crippen LogP contribution in [0.2, 0.25) is 0 Å². The van der Waals surface area contributed by atoms with E-state index in [4.69, 9.17) is 6.58 Å². The molecule has 0 aliphatic heterocycles. The van der Waals surface area contributed by atoms with Crippen LogP contribution >= 0.6 is 0 Å². The van der Waals surface area contributed by atoms with Crippen molar-refractivity contribution >= 4 is 5.57 Å². The van der Waals surface area contributed by atoms with Gasteiger partial charge >= 0.3 is 0 Å². The van der Waals surface area contributed by atoms with Gasteiger partial charge in [0.25, 0.3) is 0 Å². The summed E-state index contributed by atoms with van der Waals surface area (Å²) in [6.45, 7) is 5.08. The van der Waals surface area contributed by atoms with Gasteiger partial charge in [-0.05, 0) is 47.8 Å². The van der Waals surface area contributed by atoms with E-state index in [1.165, 1.54) is 0 Å². The molecule has 0 saturated carbocycles. The molecule has 89 valence electrons. The van der Waals surface area contributed by atoms with Crippen LogP contribution in [-0.4, -0.2) is 0 Å². The molecule has 0 aromatic heterocycles. The van der Waals surface area contributed by atoms with Gasteiger partial charge < -0.3 is 0 Å². The summed E-state index contributed by atoms with van der Waals surface area (Å²) in [6.07, 6.45) is 8.66. The fraction of sp³-hybridized carbons (Fsp3) is 0.105. The molecule has 0 amide bonds. The normalized spacial score (nSPS) is 12.1. The topological polar surface area (TPSA) is 0 Å². The SMILES string of the molecule is [CH]=C=C=C=C=C=C(C1=CCCC=C1)c1ccccc1. The Kier molecular flexibility index (Phi) is 4.66. The van der Waals surface area contributed by atoms with E-state index in [9.17, 15) is 0 Å². The van der Waals surface area contributed by atoms with E-state index in [1.807, 2.05) is 18.2 Å². The molecule has 1 aliphatic rings. The summed E-state index contributed by atoms with van der Waals surface area (Å²) in [5.41, 5.74) is 16.6. The van der Waals surface area contributed by atoms with E-state index in [2.05, 4.69) is 59.0 Å². The Labute approximate surface area is 114 Å². The van der Waals surface area contributed by atoms with Gasteiger partial charge in [-0.3, -0.25) is 0 Å². The zero-order valence-electron chi connectivity index (χ0n) is 10.6. The molecule has 19 heavy (non-hydrogen) atoms. The van der Waals surface area contributed by atoms with Gasteiger partial charge in [0.15, 0.2) is 0 Å². The van der Waals surface area contributed by atoms with Crippen molar-refractivity contribution in [3.63, 3.8) is 0 Å². The second-order valence-corrected chi connectivity index (χ2v) is 4.02. The van der Waals surface area contributed by atoms with Gasteiger partial charge in [-0.15, -0.1) is 0 Å². The van der Waals surface area contributed by atoms with Crippen molar-refractivity contribution in [2.45, 2.75) is 12.8 Å². The molecule has 0 bridgehead atoms. The molecule has 1 radical (unpaired) electrons. The summed E-state index contributed by atoms with van der Waals surface area (Å²) < 4.78 is 0. The average Bonchev–Trinajstić information content (AvgIpc) is 2.49. The first-order chi connectivity index (χ1) is 9.42. The van der Waals surface area contributed by atoms with Gasteiger partial charge in [-0.1, -0.05) is 60.0 Å². The van der Waals surface area contributed by atoms with E-state index < -0.39 is 0 Å². The van der Waals surface area contributed by atoms with Crippen LogP contribution < -0.4 is 0 Å². The number of rotatable bonds is 2. The molecule has 1 aromatic rings. The largest absolute Gasteiger partial charge is 0.0836 e. The van der Waals surface area contributed by atoms with Crippen LogP contribution in [0.3, 0.4) is 0 Å². The summed E-state index contributed by atoms with van der Waals surface area (Å²) >= 11 is 0. The Morgan fingerprint density at radius 2 is 1.84 bits per heavy atom. The summed E-state index contributed by atoms with van der Waals surface area (Å²) in [6, 6.07) is 10.1. The molecule has 0 unspecified atom stereocenters. The Morgan fingerprint density at radius 1 is 1.00 bits per heavy atom. The summed E-state index contributed by atoms with van der Waals surface area (Å²) in [5, 5.41) is 0. The monoisotopic (exact) mass is 241 g/mol. The molecular weight excluding hydrogens is 228 g/mol. The minimum Gasteiger partial charge on any atom is -0.0836 e. The van der Waals surface area contributed by atoms with Gasteiger partial charge in [0.1, 0.15) is 0 Å². The Morgan fingerprint density at radius 3 is 2.53 bits per heavy atom. The van der Waals surface area contributed by atoms with Crippen molar-refractivity contribution in [1.82, 2.24) is 0 Å². The van der Waals surface area contributed by atoms with Crippen LogP contribution in [0.4, 0.5) is 0 Å². The van der Waals surface area contributed by atoms with E-state index in [0.717, 1.165) is 29.6 Å². The van der Waals surface area contributed by atoms with E-state index in [0.29, 0.717) is 0 Å². The maximum atomic E-state index is 5.08. The third-order valence-electron chi connectivity index (χ3n) is 2.73. The van der Waals surface area contributed by atoms with Gasteiger partial charge in [0.2, 0.25) is 0 Å². The Balaban J connectivity index is 2.61. The second-order valence-electron chi connectivity index (χ2n) is 4.02. The smallest absolute Gasteiger partial charge is 0.0397 e. The van der Waals surface area contributed by atoms with Gasteiger partial charge in [0, 0.05) is 5.57 Å². The minimum atomic E-state index is 1.00. The van der Waals surface area contributed by atoms with Crippen molar-refractivity contribution in [2.75, 3.05) is 0 Å². The molecule has 0 heteroatoms. The fourth-order valence-corrected chi connectivity index (χ4v) is 1.88. The molecule has 0 N–H and O–H groups in total. The summed E-state index contributed by atoms with van der Waals surface area (Å²) in [5.74, 6) is 0. The van der Waals surface area contributed by atoms with Crippen molar-refractivity contribution in [3.8, 4) is 0 Å². The molecule has 0 nitrogen and oxygen atoms in total. The highest BCUT2D eigenvalue weighted by Crippen LogP contribution is 2.25. The standard InChI is InChI=1S/C19H13/c1-2-3-4-11-16-19(17-12-7-5-8-13-17)18-14-9-6-10-15-18/h1,5,7-9,12-15H,6,10H2. The average molecular weight is 241 g/mol. The Bertz CT molecular complexity index is 697. The molecule has 0 heterocycles. The van der Waals surface area contributed by atoms with Gasteiger partial charge in [-0.25, -0.2) is 0 Å². The first kappa shape index (κ1) is 12.8. The molecule has 0 fully saturated rings. The maximum Gasteiger partial charge on any atom is 0.0397 e. The quantitative estimate of drug-likeness (QED) is 0.666. The summed E-state index contributed by atoms with van der Waals surface area (Å²) in [4.78, 5) is 0. The van der Waals surface area contributed by atoms with E-state index >= 15 is 0 Å². The van der Waals surface area contributed by atoms with Crippen molar-refractivity contribution in [2.24, 2.45) is 0 Å². The number of allylic oxidation sites excluding steroid dienone is 5. The van der Waals surface area contributed by atoms with E-state index in [1.54, 1.807) is 0 Å². The lowest BCUT2D eigenvalue weighted by Crippen LogP contribution is -1.89. The zero-order valence-corrected chi connectivity index (χ0v) is 10.6. The summed E-state index contributed by atoms with van der Waals surface area (Å²) in [7, 11) is 0. The third-order valence-corrected chi connectivity index (χ3v) is 2.73. The molecule has 1 aromatic carbocycles. The van der Waals surface area contributed by atoms with Crippen LogP contribution in [0, 0.1) is 6.58 Å². The lowest BCUT2D eigenvalue weighted by atomic mass is 9.94. The van der Waals surface area contributed by atoms with Gasteiger partial charge in [0.05, 0.1) is 0 Å². The predicted octanol–water partition coefficient (Wildman–Crippen LogP) is 4.55. The van der Waals surface area contributed by atoms with Crippen LogP contribution in [0.25, 0.3) is 5.57 Å². The molecule has 2 rings (SSSR count). The maximum absolute atomic E-state index is 5.08. The highest BCUT2D eigenvalue weighted by atomic mass is 14.1. The van der Waals surface area contributed by atoms with E-state index in [-0.39, 0.29) is 0 Å². The molecule has 0 spiro atoms. The van der Waals surface area contributed by atoms with Gasteiger partial charge in [-0.2, -0.15) is 0 Å². The number of hydrogen-bond acceptors (Lipinski definition) is 0.